The Morgan fingerprint density at radius 3 is 2.56 bits per heavy atom. The highest BCUT2D eigenvalue weighted by atomic mass is 35.5. The maximum Gasteiger partial charge on any atom is 0.254 e. The van der Waals surface area contributed by atoms with Gasteiger partial charge in [-0.15, -0.1) is 18.8 Å². The van der Waals surface area contributed by atoms with Crippen molar-refractivity contribution < 1.29 is 13.6 Å². The lowest BCUT2D eigenvalue weighted by molar-refractivity contribution is 0.0812. The zero-order valence-corrected chi connectivity index (χ0v) is 15.7. The van der Waals surface area contributed by atoms with Crippen LogP contribution in [0.4, 0.5) is 8.78 Å². The SMILES string of the molecule is C#CCN(C)C(=O)c1ccc(CN[C@@H]2C[C@H]2c2ccc(F)c(F)c2)cc1.Cl. The second kappa shape index (κ2) is 8.98. The summed E-state index contributed by atoms with van der Waals surface area (Å²) in [6.07, 6.45) is 6.12. The Balaban J connectivity index is 0.00000261. The molecule has 1 N–H and O–H groups in total. The van der Waals surface area contributed by atoms with E-state index in [9.17, 15) is 13.6 Å². The van der Waals surface area contributed by atoms with Crippen molar-refractivity contribution in [3.05, 3.63) is 70.8 Å². The minimum absolute atomic E-state index is 0. The van der Waals surface area contributed by atoms with Gasteiger partial charge in [-0.2, -0.15) is 0 Å². The summed E-state index contributed by atoms with van der Waals surface area (Å²) in [4.78, 5) is 13.6. The van der Waals surface area contributed by atoms with Crippen molar-refractivity contribution in [2.45, 2.75) is 24.9 Å². The highest BCUT2D eigenvalue weighted by molar-refractivity contribution is 5.94. The topological polar surface area (TPSA) is 32.3 Å². The maximum atomic E-state index is 13.3. The number of nitrogens with zero attached hydrogens (tertiary/aromatic N) is 1. The van der Waals surface area contributed by atoms with Crippen molar-refractivity contribution in [3.63, 3.8) is 0 Å². The highest BCUT2D eigenvalue weighted by Crippen LogP contribution is 2.41. The highest BCUT2D eigenvalue weighted by Gasteiger charge is 2.38. The van der Waals surface area contributed by atoms with Crippen molar-refractivity contribution >= 4 is 18.3 Å². The molecule has 6 heteroatoms. The predicted octanol–water partition coefficient (Wildman–Crippen LogP) is 3.74. The van der Waals surface area contributed by atoms with Crippen LogP contribution in [-0.4, -0.2) is 30.4 Å². The minimum Gasteiger partial charge on any atom is -0.331 e. The van der Waals surface area contributed by atoms with Gasteiger partial charge in [0, 0.05) is 31.1 Å². The van der Waals surface area contributed by atoms with Crippen LogP contribution in [0, 0.1) is 24.0 Å². The van der Waals surface area contributed by atoms with Crippen LogP contribution in [0.2, 0.25) is 0 Å². The van der Waals surface area contributed by atoms with Gasteiger partial charge in [0.05, 0.1) is 6.54 Å². The van der Waals surface area contributed by atoms with Crippen LogP contribution < -0.4 is 5.32 Å². The number of rotatable bonds is 6. The maximum absolute atomic E-state index is 13.3. The third-order valence-electron chi connectivity index (χ3n) is 4.61. The number of hydrogen-bond donors (Lipinski definition) is 1. The molecule has 1 fully saturated rings. The molecular formula is C21H21ClF2N2O. The summed E-state index contributed by atoms with van der Waals surface area (Å²) < 4.78 is 26.3. The average molecular weight is 391 g/mol. The Morgan fingerprint density at radius 1 is 1.22 bits per heavy atom. The number of carbonyl (C=O) groups is 1. The van der Waals surface area contributed by atoms with E-state index in [1.165, 1.54) is 17.0 Å². The fourth-order valence-electron chi connectivity index (χ4n) is 2.98. The molecule has 0 aromatic heterocycles. The van der Waals surface area contributed by atoms with Crippen LogP contribution in [0.25, 0.3) is 0 Å². The van der Waals surface area contributed by atoms with E-state index in [0.29, 0.717) is 12.1 Å². The van der Waals surface area contributed by atoms with Gasteiger partial charge in [0.15, 0.2) is 11.6 Å². The van der Waals surface area contributed by atoms with Crippen LogP contribution in [0.1, 0.15) is 33.8 Å². The number of halogens is 3. The molecule has 0 unspecified atom stereocenters. The van der Waals surface area contributed by atoms with Gasteiger partial charge < -0.3 is 10.2 Å². The zero-order chi connectivity index (χ0) is 18.7. The lowest BCUT2D eigenvalue weighted by atomic mass is 10.1. The summed E-state index contributed by atoms with van der Waals surface area (Å²) in [6.45, 7) is 0.925. The molecule has 3 rings (SSSR count). The average Bonchev–Trinajstić information content (AvgIpc) is 3.42. The minimum atomic E-state index is -0.818. The molecule has 0 bridgehead atoms. The molecular weight excluding hydrogens is 370 g/mol. The third-order valence-corrected chi connectivity index (χ3v) is 4.61. The fraction of sp³-hybridized carbons (Fsp3) is 0.286. The van der Waals surface area contributed by atoms with Crippen LogP contribution >= 0.6 is 12.4 Å². The first-order valence-corrected chi connectivity index (χ1v) is 8.46. The number of carbonyl (C=O) groups excluding carboxylic acids is 1. The summed E-state index contributed by atoms with van der Waals surface area (Å²) in [6, 6.07) is 11.7. The first-order chi connectivity index (χ1) is 12.5. The van der Waals surface area contributed by atoms with E-state index < -0.39 is 11.6 Å². The van der Waals surface area contributed by atoms with Gasteiger partial charge in [0.25, 0.3) is 5.91 Å². The molecule has 142 valence electrons. The smallest absolute Gasteiger partial charge is 0.254 e. The monoisotopic (exact) mass is 390 g/mol. The van der Waals surface area contributed by atoms with Gasteiger partial charge in [-0.3, -0.25) is 4.79 Å². The largest absolute Gasteiger partial charge is 0.331 e. The van der Waals surface area contributed by atoms with E-state index in [1.807, 2.05) is 12.1 Å². The summed E-state index contributed by atoms with van der Waals surface area (Å²) in [5.41, 5.74) is 2.47. The van der Waals surface area contributed by atoms with Gasteiger partial charge >= 0.3 is 0 Å². The van der Waals surface area contributed by atoms with E-state index in [1.54, 1.807) is 25.2 Å². The van der Waals surface area contributed by atoms with Gasteiger partial charge in [-0.1, -0.05) is 24.1 Å². The zero-order valence-electron chi connectivity index (χ0n) is 14.9. The molecule has 0 heterocycles. The number of nitrogens with one attached hydrogen (secondary N) is 1. The lowest BCUT2D eigenvalue weighted by Gasteiger charge is -2.14. The summed E-state index contributed by atoms with van der Waals surface area (Å²) in [7, 11) is 1.67. The molecule has 2 aromatic carbocycles. The normalized spacial score (nSPS) is 17.6. The van der Waals surface area contributed by atoms with E-state index in [0.717, 1.165) is 17.5 Å². The molecule has 0 aliphatic heterocycles. The first kappa shape index (κ1) is 20.9. The number of terminal acetylenes is 1. The standard InChI is InChI=1S/C21H20F2N2O.ClH/c1-3-10-25(2)21(26)15-6-4-14(5-7-15)13-24-20-12-17(20)16-8-9-18(22)19(23)11-16;/h1,4-9,11,17,20,24H,10,12-13H2,2H3;1H/t17-,20+;/m0./s1. The molecule has 2 atom stereocenters. The van der Waals surface area contributed by atoms with Gasteiger partial charge in [0.1, 0.15) is 0 Å². The molecule has 0 spiro atoms. The molecule has 1 amide bonds. The summed E-state index contributed by atoms with van der Waals surface area (Å²) >= 11 is 0. The van der Waals surface area contributed by atoms with Crippen molar-refractivity contribution in [1.82, 2.24) is 10.2 Å². The van der Waals surface area contributed by atoms with Crippen LogP contribution in [-0.2, 0) is 6.54 Å². The molecule has 3 nitrogen and oxygen atoms in total. The van der Waals surface area contributed by atoms with Crippen LogP contribution in [0.5, 0.6) is 0 Å². The van der Waals surface area contributed by atoms with Crippen molar-refractivity contribution in [3.8, 4) is 12.3 Å². The van der Waals surface area contributed by atoms with Gasteiger partial charge in [0.2, 0.25) is 0 Å². The van der Waals surface area contributed by atoms with E-state index >= 15 is 0 Å². The molecule has 1 aliphatic carbocycles. The van der Waals surface area contributed by atoms with Gasteiger partial charge in [-0.25, -0.2) is 8.78 Å². The Kier molecular flexibility index (Phi) is 6.95. The molecule has 2 aromatic rings. The van der Waals surface area contributed by atoms with Crippen LogP contribution in [0.3, 0.4) is 0 Å². The number of amides is 1. The summed E-state index contributed by atoms with van der Waals surface area (Å²) in [5.74, 6) is 0.927. The fourth-order valence-corrected chi connectivity index (χ4v) is 2.98. The van der Waals surface area contributed by atoms with Crippen molar-refractivity contribution in [1.29, 1.82) is 0 Å². The number of benzene rings is 2. The van der Waals surface area contributed by atoms with E-state index in [4.69, 9.17) is 6.42 Å². The Morgan fingerprint density at radius 2 is 1.93 bits per heavy atom. The van der Waals surface area contributed by atoms with Crippen molar-refractivity contribution in [2.24, 2.45) is 0 Å². The second-order valence-corrected chi connectivity index (χ2v) is 6.57. The Hall–Kier alpha value is -2.42. The van der Waals surface area contributed by atoms with Crippen LogP contribution in [0.15, 0.2) is 42.5 Å². The first-order valence-electron chi connectivity index (χ1n) is 8.46. The molecule has 0 radical (unpaired) electrons. The second-order valence-electron chi connectivity index (χ2n) is 6.57. The molecule has 1 saturated carbocycles. The molecule has 0 saturated heterocycles. The number of hydrogen-bond acceptors (Lipinski definition) is 2. The Bertz CT molecular complexity index is 848. The predicted molar refractivity (Wildman–Crippen MR) is 104 cm³/mol. The summed E-state index contributed by atoms with van der Waals surface area (Å²) in [5, 5.41) is 3.41. The molecule has 27 heavy (non-hydrogen) atoms. The van der Waals surface area contributed by atoms with E-state index in [2.05, 4.69) is 11.2 Å². The van der Waals surface area contributed by atoms with Gasteiger partial charge in [-0.05, 0) is 41.8 Å². The molecule has 1 aliphatic rings. The van der Waals surface area contributed by atoms with Crippen molar-refractivity contribution in [2.75, 3.05) is 13.6 Å². The lowest BCUT2D eigenvalue weighted by Crippen LogP contribution is -2.26. The quantitative estimate of drug-likeness (QED) is 0.762. The van der Waals surface area contributed by atoms with E-state index in [-0.39, 0.29) is 36.8 Å². The third kappa shape index (κ3) is 5.06. The Labute approximate surface area is 164 Å².